The number of nitrogens with zero attached hydrogens (tertiary/aromatic N) is 1. The maximum atomic E-state index is 10.5. The summed E-state index contributed by atoms with van der Waals surface area (Å²) in [7, 11) is 0. The summed E-state index contributed by atoms with van der Waals surface area (Å²) >= 11 is 0. The van der Waals surface area contributed by atoms with Crippen LogP contribution in [0.3, 0.4) is 0 Å². The molecule has 60 valence electrons. The van der Waals surface area contributed by atoms with Gasteiger partial charge in [0.1, 0.15) is 5.69 Å². The molecule has 3 nitrogen and oxygen atoms in total. The van der Waals surface area contributed by atoms with Crippen molar-refractivity contribution in [2.24, 2.45) is 0 Å². The van der Waals surface area contributed by atoms with Crippen molar-refractivity contribution in [3.63, 3.8) is 0 Å². The molecule has 1 aromatic rings. The highest BCUT2D eigenvalue weighted by Gasteiger charge is 2.01. The van der Waals surface area contributed by atoms with Crippen molar-refractivity contribution in [3.8, 4) is 11.8 Å². The Balaban J connectivity index is 3.09. The van der Waals surface area contributed by atoms with Crippen molar-refractivity contribution in [2.45, 2.75) is 6.92 Å². The van der Waals surface area contributed by atoms with Gasteiger partial charge in [-0.3, -0.25) is 0 Å². The third kappa shape index (κ3) is 1.83. The van der Waals surface area contributed by atoms with Crippen molar-refractivity contribution in [3.05, 3.63) is 29.6 Å². The number of hydrogen-bond donors (Lipinski definition) is 1. The van der Waals surface area contributed by atoms with Gasteiger partial charge in [-0.25, -0.2) is 9.78 Å². The molecule has 0 bridgehead atoms. The largest absolute Gasteiger partial charge is 0.478 e. The smallest absolute Gasteiger partial charge is 0.335 e. The first-order chi connectivity index (χ1) is 5.74. The summed E-state index contributed by atoms with van der Waals surface area (Å²) in [5, 5.41) is 8.60. The Labute approximate surface area is 70.1 Å². The molecule has 1 rings (SSSR count). The lowest BCUT2D eigenvalue weighted by Crippen LogP contribution is -1.97. The fraction of sp³-hybridized carbons (Fsp3) is 0.111. The standard InChI is InChI=1S/C9H7NO2/c1-2-3-8-6-7(9(11)12)4-5-10-8/h4-6H,1H3,(H,11,12). The lowest BCUT2D eigenvalue weighted by Gasteiger charge is -1.92. The van der Waals surface area contributed by atoms with Gasteiger partial charge in [0.2, 0.25) is 0 Å². The number of aromatic carboxylic acids is 1. The minimum absolute atomic E-state index is 0.211. The van der Waals surface area contributed by atoms with Crippen LogP contribution in [0.2, 0.25) is 0 Å². The monoisotopic (exact) mass is 161 g/mol. The topological polar surface area (TPSA) is 50.2 Å². The van der Waals surface area contributed by atoms with E-state index >= 15 is 0 Å². The van der Waals surface area contributed by atoms with E-state index in [1.165, 1.54) is 18.3 Å². The van der Waals surface area contributed by atoms with Gasteiger partial charge in [-0.05, 0) is 25.0 Å². The molecule has 1 aromatic heterocycles. The van der Waals surface area contributed by atoms with E-state index in [4.69, 9.17) is 5.11 Å². The second-order valence-corrected chi connectivity index (χ2v) is 2.11. The molecule has 0 spiro atoms. The van der Waals surface area contributed by atoms with Crippen molar-refractivity contribution in [1.82, 2.24) is 4.98 Å². The fourth-order valence-electron chi connectivity index (χ4n) is 0.760. The number of carboxylic acids is 1. The number of aromatic nitrogens is 1. The van der Waals surface area contributed by atoms with E-state index in [-0.39, 0.29) is 5.56 Å². The first-order valence-electron chi connectivity index (χ1n) is 3.36. The van der Waals surface area contributed by atoms with Crippen LogP contribution < -0.4 is 0 Å². The second-order valence-electron chi connectivity index (χ2n) is 2.11. The summed E-state index contributed by atoms with van der Waals surface area (Å²) < 4.78 is 0. The van der Waals surface area contributed by atoms with E-state index < -0.39 is 5.97 Å². The zero-order valence-corrected chi connectivity index (χ0v) is 6.53. The van der Waals surface area contributed by atoms with E-state index in [0.29, 0.717) is 5.69 Å². The number of pyridine rings is 1. The third-order valence-corrected chi connectivity index (χ3v) is 1.26. The first-order valence-corrected chi connectivity index (χ1v) is 3.36. The summed E-state index contributed by atoms with van der Waals surface area (Å²) in [6.45, 7) is 1.68. The van der Waals surface area contributed by atoms with Gasteiger partial charge in [0.15, 0.2) is 0 Å². The molecule has 0 saturated carbocycles. The molecule has 1 N–H and O–H groups in total. The first kappa shape index (κ1) is 8.28. The molecule has 12 heavy (non-hydrogen) atoms. The van der Waals surface area contributed by atoms with E-state index in [9.17, 15) is 4.79 Å². The molecule has 0 radical (unpaired) electrons. The molecule has 0 unspecified atom stereocenters. The minimum Gasteiger partial charge on any atom is -0.478 e. The molecule has 0 amide bonds. The number of carboxylic acid groups (broad SMARTS) is 1. The lowest BCUT2D eigenvalue weighted by atomic mass is 10.2. The van der Waals surface area contributed by atoms with Crippen LogP contribution in [0.5, 0.6) is 0 Å². The molecule has 0 atom stereocenters. The minimum atomic E-state index is -0.962. The maximum Gasteiger partial charge on any atom is 0.335 e. The van der Waals surface area contributed by atoms with Crippen molar-refractivity contribution < 1.29 is 9.90 Å². The fourth-order valence-corrected chi connectivity index (χ4v) is 0.760. The highest BCUT2D eigenvalue weighted by molar-refractivity contribution is 5.87. The van der Waals surface area contributed by atoms with E-state index in [0.717, 1.165) is 0 Å². The number of hydrogen-bond acceptors (Lipinski definition) is 2. The summed E-state index contributed by atoms with van der Waals surface area (Å²) in [5.41, 5.74) is 0.695. The average molecular weight is 161 g/mol. The van der Waals surface area contributed by atoms with Crippen LogP contribution in [0, 0.1) is 11.8 Å². The Kier molecular flexibility index (Phi) is 2.44. The lowest BCUT2D eigenvalue weighted by molar-refractivity contribution is 0.0696. The van der Waals surface area contributed by atoms with Gasteiger partial charge in [-0.2, -0.15) is 0 Å². The second kappa shape index (κ2) is 3.54. The molecule has 3 heteroatoms. The Morgan fingerprint density at radius 2 is 2.42 bits per heavy atom. The molecule has 0 saturated heterocycles. The van der Waals surface area contributed by atoms with Gasteiger partial charge in [0, 0.05) is 6.20 Å². The van der Waals surface area contributed by atoms with Crippen LogP contribution in [-0.4, -0.2) is 16.1 Å². The van der Waals surface area contributed by atoms with Gasteiger partial charge in [0.25, 0.3) is 0 Å². The van der Waals surface area contributed by atoms with Gasteiger partial charge >= 0.3 is 5.97 Å². The SMILES string of the molecule is CC#Cc1cc(C(=O)O)ccn1. The van der Waals surface area contributed by atoms with E-state index in [1.54, 1.807) is 6.92 Å². The maximum absolute atomic E-state index is 10.5. The van der Waals surface area contributed by atoms with Crippen molar-refractivity contribution >= 4 is 5.97 Å². The molecule has 1 heterocycles. The predicted octanol–water partition coefficient (Wildman–Crippen LogP) is 1.15. The molecule has 0 aliphatic rings. The van der Waals surface area contributed by atoms with Crippen molar-refractivity contribution in [1.29, 1.82) is 0 Å². The van der Waals surface area contributed by atoms with Gasteiger partial charge < -0.3 is 5.11 Å². The van der Waals surface area contributed by atoms with Crippen molar-refractivity contribution in [2.75, 3.05) is 0 Å². The summed E-state index contributed by atoms with van der Waals surface area (Å²) in [6.07, 6.45) is 1.43. The quantitative estimate of drug-likeness (QED) is 0.628. The Bertz CT molecular complexity index is 360. The van der Waals surface area contributed by atoms with E-state index in [1.807, 2.05) is 0 Å². The molecule has 0 aromatic carbocycles. The Morgan fingerprint density at radius 1 is 1.67 bits per heavy atom. The number of carbonyl (C=O) groups is 1. The summed E-state index contributed by atoms with van der Waals surface area (Å²) in [5.74, 6) is 4.36. The van der Waals surface area contributed by atoms with Crippen LogP contribution in [0.15, 0.2) is 18.3 Å². The van der Waals surface area contributed by atoms with Gasteiger partial charge in [0.05, 0.1) is 5.56 Å². The van der Waals surface area contributed by atoms with Gasteiger partial charge in [-0.1, -0.05) is 5.92 Å². The Hall–Kier alpha value is -1.82. The molecule has 0 aliphatic heterocycles. The molecular formula is C9H7NO2. The van der Waals surface area contributed by atoms with Crippen LogP contribution in [0.1, 0.15) is 23.0 Å². The predicted molar refractivity (Wildman–Crippen MR) is 43.7 cm³/mol. The van der Waals surface area contributed by atoms with E-state index in [2.05, 4.69) is 16.8 Å². The van der Waals surface area contributed by atoms with Gasteiger partial charge in [-0.15, -0.1) is 0 Å². The third-order valence-electron chi connectivity index (χ3n) is 1.26. The molecular weight excluding hydrogens is 154 g/mol. The highest BCUT2D eigenvalue weighted by Crippen LogP contribution is 1.99. The number of rotatable bonds is 1. The zero-order valence-electron chi connectivity index (χ0n) is 6.53. The molecule has 0 fully saturated rings. The van der Waals surface area contributed by atoms with Crippen LogP contribution in [0.25, 0.3) is 0 Å². The Morgan fingerprint density at radius 3 is 3.00 bits per heavy atom. The highest BCUT2D eigenvalue weighted by atomic mass is 16.4. The zero-order chi connectivity index (χ0) is 8.97. The van der Waals surface area contributed by atoms with Crippen LogP contribution in [-0.2, 0) is 0 Å². The summed E-state index contributed by atoms with van der Waals surface area (Å²) in [4.78, 5) is 14.4. The normalized spacial score (nSPS) is 8.42. The molecule has 0 aliphatic carbocycles. The van der Waals surface area contributed by atoms with Crippen LogP contribution in [0.4, 0.5) is 0 Å². The average Bonchev–Trinajstić information content (AvgIpc) is 2.05. The van der Waals surface area contributed by atoms with Crippen LogP contribution >= 0.6 is 0 Å². The summed E-state index contributed by atoms with van der Waals surface area (Å²) in [6, 6.07) is 2.88.